The molecular formula is C20H23N3O3. The molecule has 3 amide bonds. The molecule has 0 fully saturated rings. The van der Waals surface area contributed by atoms with Gasteiger partial charge in [0, 0.05) is 37.7 Å². The molecule has 0 aliphatic rings. The van der Waals surface area contributed by atoms with Gasteiger partial charge in [0.25, 0.3) is 5.91 Å². The van der Waals surface area contributed by atoms with E-state index in [0.717, 1.165) is 11.1 Å². The van der Waals surface area contributed by atoms with E-state index in [1.165, 1.54) is 6.92 Å². The third-order valence-electron chi connectivity index (χ3n) is 3.76. The van der Waals surface area contributed by atoms with E-state index >= 15 is 0 Å². The predicted octanol–water partition coefficient (Wildman–Crippen LogP) is 2.39. The minimum atomic E-state index is -0.182. The Morgan fingerprint density at radius 3 is 2.46 bits per heavy atom. The molecule has 2 aromatic carbocycles. The molecular weight excluding hydrogens is 330 g/mol. The van der Waals surface area contributed by atoms with Gasteiger partial charge in [0.15, 0.2) is 0 Å². The summed E-state index contributed by atoms with van der Waals surface area (Å²) in [5, 5.41) is 8.25. The van der Waals surface area contributed by atoms with Crippen LogP contribution in [0.1, 0.15) is 34.8 Å². The zero-order valence-corrected chi connectivity index (χ0v) is 15.0. The highest BCUT2D eigenvalue weighted by atomic mass is 16.2. The normalized spacial score (nSPS) is 10.1. The van der Waals surface area contributed by atoms with Gasteiger partial charge in [-0.05, 0) is 36.2 Å². The second kappa shape index (κ2) is 9.36. The summed E-state index contributed by atoms with van der Waals surface area (Å²) in [5.41, 5.74) is 3.08. The van der Waals surface area contributed by atoms with Crippen LogP contribution in [0.4, 0.5) is 5.69 Å². The lowest BCUT2D eigenvalue weighted by Gasteiger charge is -2.09. The lowest BCUT2D eigenvalue weighted by Crippen LogP contribution is -2.30. The van der Waals surface area contributed by atoms with Crippen molar-refractivity contribution in [3.05, 3.63) is 65.2 Å². The molecule has 0 aliphatic carbocycles. The van der Waals surface area contributed by atoms with Crippen LogP contribution < -0.4 is 16.0 Å². The van der Waals surface area contributed by atoms with E-state index < -0.39 is 0 Å². The summed E-state index contributed by atoms with van der Waals surface area (Å²) in [6, 6.07) is 14.6. The zero-order valence-electron chi connectivity index (χ0n) is 15.0. The van der Waals surface area contributed by atoms with Gasteiger partial charge in [0.05, 0.1) is 0 Å². The fraction of sp³-hybridized carbons (Fsp3) is 0.250. The summed E-state index contributed by atoms with van der Waals surface area (Å²) in [6.45, 7) is 3.94. The highest BCUT2D eigenvalue weighted by Gasteiger charge is 2.08. The van der Waals surface area contributed by atoms with Gasteiger partial charge in [-0.25, -0.2) is 0 Å². The number of rotatable bonds is 7. The van der Waals surface area contributed by atoms with Crippen LogP contribution in [0.3, 0.4) is 0 Å². The van der Waals surface area contributed by atoms with Crippen molar-refractivity contribution in [3.63, 3.8) is 0 Å². The molecule has 0 spiro atoms. The molecule has 2 rings (SSSR count). The number of hydrogen-bond acceptors (Lipinski definition) is 3. The van der Waals surface area contributed by atoms with Crippen molar-refractivity contribution in [2.45, 2.75) is 26.8 Å². The van der Waals surface area contributed by atoms with E-state index in [4.69, 9.17) is 0 Å². The molecule has 0 bridgehead atoms. The number of nitrogens with one attached hydrogen (secondary N) is 3. The van der Waals surface area contributed by atoms with Gasteiger partial charge >= 0.3 is 0 Å². The highest BCUT2D eigenvalue weighted by molar-refractivity contribution is 5.95. The Balaban J connectivity index is 1.75. The summed E-state index contributed by atoms with van der Waals surface area (Å²) in [4.78, 5) is 35.1. The van der Waals surface area contributed by atoms with Crippen molar-refractivity contribution in [1.82, 2.24) is 10.6 Å². The number of anilines is 1. The topological polar surface area (TPSA) is 87.3 Å². The quantitative estimate of drug-likeness (QED) is 0.714. The first-order valence-electron chi connectivity index (χ1n) is 8.43. The van der Waals surface area contributed by atoms with Crippen LogP contribution in [-0.2, 0) is 16.1 Å². The third kappa shape index (κ3) is 6.05. The van der Waals surface area contributed by atoms with Gasteiger partial charge in [0.1, 0.15) is 0 Å². The van der Waals surface area contributed by atoms with Crippen LogP contribution in [0, 0.1) is 6.92 Å². The molecule has 6 nitrogen and oxygen atoms in total. The Hall–Kier alpha value is -3.15. The van der Waals surface area contributed by atoms with Crippen LogP contribution in [0.25, 0.3) is 0 Å². The molecule has 0 radical (unpaired) electrons. The molecule has 6 heteroatoms. The van der Waals surface area contributed by atoms with E-state index in [-0.39, 0.29) is 30.7 Å². The fourth-order valence-electron chi connectivity index (χ4n) is 2.46. The summed E-state index contributed by atoms with van der Waals surface area (Å²) in [5.74, 6) is -0.477. The van der Waals surface area contributed by atoms with E-state index in [0.29, 0.717) is 17.8 Å². The maximum Gasteiger partial charge on any atom is 0.251 e. The number of carbonyl (C=O) groups is 3. The maximum atomic E-state index is 12.1. The van der Waals surface area contributed by atoms with Gasteiger partial charge in [-0.3, -0.25) is 14.4 Å². The second-order valence-corrected chi connectivity index (χ2v) is 5.98. The Kier molecular flexibility index (Phi) is 6.91. The van der Waals surface area contributed by atoms with Crippen LogP contribution in [0.2, 0.25) is 0 Å². The fourth-order valence-corrected chi connectivity index (χ4v) is 2.46. The van der Waals surface area contributed by atoms with Gasteiger partial charge in [0.2, 0.25) is 11.8 Å². The zero-order chi connectivity index (χ0) is 18.9. The molecule has 0 heterocycles. The van der Waals surface area contributed by atoms with Gasteiger partial charge < -0.3 is 16.0 Å². The number of aryl methyl sites for hydroxylation is 1. The van der Waals surface area contributed by atoms with Crippen molar-refractivity contribution in [2.75, 3.05) is 11.9 Å². The first-order valence-corrected chi connectivity index (χ1v) is 8.43. The van der Waals surface area contributed by atoms with Crippen LogP contribution >= 0.6 is 0 Å². The lowest BCUT2D eigenvalue weighted by molar-refractivity contribution is -0.121. The van der Waals surface area contributed by atoms with Crippen LogP contribution in [0.15, 0.2) is 48.5 Å². The molecule has 2 aromatic rings. The van der Waals surface area contributed by atoms with Crippen molar-refractivity contribution >= 4 is 23.4 Å². The van der Waals surface area contributed by atoms with Crippen molar-refractivity contribution in [3.8, 4) is 0 Å². The molecule has 3 N–H and O–H groups in total. The summed E-state index contributed by atoms with van der Waals surface area (Å²) in [7, 11) is 0. The first-order chi connectivity index (χ1) is 12.5. The Morgan fingerprint density at radius 2 is 1.73 bits per heavy atom. The Morgan fingerprint density at radius 1 is 0.962 bits per heavy atom. The average molecular weight is 353 g/mol. The molecule has 0 aromatic heterocycles. The molecule has 0 saturated heterocycles. The Bertz CT molecular complexity index is 802. The van der Waals surface area contributed by atoms with Gasteiger partial charge in [-0.2, -0.15) is 0 Å². The lowest BCUT2D eigenvalue weighted by atomic mass is 10.1. The third-order valence-corrected chi connectivity index (χ3v) is 3.76. The highest BCUT2D eigenvalue weighted by Crippen LogP contribution is 2.10. The maximum absolute atomic E-state index is 12.1. The molecule has 26 heavy (non-hydrogen) atoms. The predicted molar refractivity (Wildman–Crippen MR) is 101 cm³/mol. The Labute approximate surface area is 153 Å². The minimum absolute atomic E-state index is 0.143. The smallest absolute Gasteiger partial charge is 0.251 e. The minimum Gasteiger partial charge on any atom is -0.352 e. The van der Waals surface area contributed by atoms with E-state index in [2.05, 4.69) is 16.0 Å². The van der Waals surface area contributed by atoms with Gasteiger partial charge in [-0.1, -0.05) is 30.3 Å². The molecule has 0 unspecified atom stereocenters. The SMILES string of the molecule is CC(=O)Nc1cccc(CNC(=O)CCNC(=O)c2ccccc2C)c1. The van der Waals surface area contributed by atoms with E-state index in [1.807, 2.05) is 43.3 Å². The summed E-state index contributed by atoms with van der Waals surface area (Å²) >= 11 is 0. The van der Waals surface area contributed by atoms with Crippen molar-refractivity contribution in [1.29, 1.82) is 0 Å². The largest absolute Gasteiger partial charge is 0.352 e. The summed E-state index contributed by atoms with van der Waals surface area (Å²) in [6.07, 6.45) is 0.197. The summed E-state index contributed by atoms with van der Waals surface area (Å²) < 4.78 is 0. The van der Waals surface area contributed by atoms with Crippen LogP contribution in [-0.4, -0.2) is 24.3 Å². The number of carbonyl (C=O) groups excluding carboxylic acids is 3. The average Bonchev–Trinajstić information content (AvgIpc) is 2.60. The molecule has 0 aliphatic heterocycles. The number of hydrogen-bond donors (Lipinski definition) is 3. The standard InChI is InChI=1S/C20H23N3O3/c1-14-6-3-4-9-18(14)20(26)21-11-10-19(25)22-13-16-7-5-8-17(12-16)23-15(2)24/h3-9,12H,10-11,13H2,1-2H3,(H,21,26)(H,22,25)(H,23,24). The van der Waals surface area contributed by atoms with Crippen molar-refractivity contribution < 1.29 is 14.4 Å². The molecule has 136 valence electrons. The van der Waals surface area contributed by atoms with E-state index in [9.17, 15) is 14.4 Å². The monoisotopic (exact) mass is 353 g/mol. The number of amides is 3. The number of benzene rings is 2. The second-order valence-electron chi connectivity index (χ2n) is 5.98. The first kappa shape index (κ1) is 19.2. The van der Waals surface area contributed by atoms with Crippen LogP contribution in [0.5, 0.6) is 0 Å². The van der Waals surface area contributed by atoms with Crippen molar-refractivity contribution in [2.24, 2.45) is 0 Å². The molecule has 0 saturated carbocycles. The molecule has 0 atom stereocenters. The van der Waals surface area contributed by atoms with E-state index in [1.54, 1.807) is 12.1 Å². The van der Waals surface area contributed by atoms with Gasteiger partial charge in [-0.15, -0.1) is 0 Å².